The maximum Gasteiger partial charge on any atom is 0.326 e. The molecule has 0 aliphatic heterocycles. The molecular weight excluding hydrogens is 230 g/mol. The van der Waals surface area contributed by atoms with Crippen LogP contribution in [0.1, 0.15) is 25.0 Å². The number of rotatable bonds is 5. The van der Waals surface area contributed by atoms with Gasteiger partial charge in [0.05, 0.1) is 0 Å². The van der Waals surface area contributed by atoms with Crippen LogP contribution in [0.3, 0.4) is 0 Å². The van der Waals surface area contributed by atoms with E-state index in [2.05, 4.69) is 5.32 Å². The van der Waals surface area contributed by atoms with Crippen LogP contribution in [0, 0.1) is 12.8 Å². The van der Waals surface area contributed by atoms with Crippen LogP contribution in [0.2, 0.25) is 0 Å². The van der Waals surface area contributed by atoms with Crippen molar-refractivity contribution in [1.82, 2.24) is 5.32 Å². The smallest absolute Gasteiger partial charge is 0.326 e. The Balaban J connectivity index is 2.72. The third kappa shape index (κ3) is 4.20. The zero-order valence-electron chi connectivity index (χ0n) is 10.9. The Hall–Kier alpha value is -1.84. The Morgan fingerprint density at radius 1 is 1.22 bits per heavy atom. The minimum atomic E-state index is -1.01. The molecule has 98 valence electrons. The summed E-state index contributed by atoms with van der Waals surface area (Å²) >= 11 is 0. The quantitative estimate of drug-likeness (QED) is 0.835. The molecule has 1 rings (SSSR count). The summed E-state index contributed by atoms with van der Waals surface area (Å²) in [4.78, 5) is 22.6. The molecule has 0 aromatic heterocycles. The average molecular weight is 249 g/mol. The van der Waals surface area contributed by atoms with E-state index in [4.69, 9.17) is 5.11 Å². The molecule has 1 aromatic rings. The molecule has 0 radical (unpaired) electrons. The van der Waals surface area contributed by atoms with Crippen molar-refractivity contribution in [1.29, 1.82) is 0 Å². The number of hydrogen-bond acceptors (Lipinski definition) is 2. The maximum atomic E-state index is 11.5. The first-order chi connectivity index (χ1) is 8.40. The van der Waals surface area contributed by atoms with Gasteiger partial charge in [-0.25, -0.2) is 4.79 Å². The van der Waals surface area contributed by atoms with E-state index in [-0.39, 0.29) is 11.8 Å². The minimum absolute atomic E-state index is 0.218. The van der Waals surface area contributed by atoms with Crippen molar-refractivity contribution in [3.05, 3.63) is 35.4 Å². The SMILES string of the molecule is Cc1ccc(C[C@H](NC(=O)C(C)C)C(=O)O)cc1. The van der Waals surface area contributed by atoms with Crippen molar-refractivity contribution in [2.75, 3.05) is 0 Å². The number of carboxylic acid groups (broad SMARTS) is 1. The molecule has 4 nitrogen and oxygen atoms in total. The van der Waals surface area contributed by atoms with Gasteiger partial charge in [0.1, 0.15) is 6.04 Å². The van der Waals surface area contributed by atoms with Crippen LogP contribution < -0.4 is 5.32 Å². The Bertz CT molecular complexity index is 423. The summed E-state index contributed by atoms with van der Waals surface area (Å²) in [6.45, 7) is 5.44. The van der Waals surface area contributed by atoms with E-state index < -0.39 is 12.0 Å². The lowest BCUT2D eigenvalue weighted by atomic mass is 10.0. The molecule has 0 fully saturated rings. The van der Waals surface area contributed by atoms with Crippen LogP contribution in [0.25, 0.3) is 0 Å². The van der Waals surface area contributed by atoms with E-state index in [0.717, 1.165) is 11.1 Å². The highest BCUT2D eigenvalue weighted by Gasteiger charge is 2.21. The summed E-state index contributed by atoms with van der Waals surface area (Å²) in [5.74, 6) is -1.47. The molecule has 1 atom stereocenters. The number of aryl methyl sites for hydroxylation is 1. The van der Waals surface area contributed by atoms with Gasteiger partial charge in [-0.05, 0) is 12.5 Å². The highest BCUT2D eigenvalue weighted by atomic mass is 16.4. The predicted molar refractivity (Wildman–Crippen MR) is 69.3 cm³/mol. The number of aliphatic carboxylic acids is 1. The third-order valence-electron chi connectivity index (χ3n) is 2.70. The second-order valence-electron chi connectivity index (χ2n) is 4.74. The first-order valence-corrected chi connectivity index (χ1v) is 5.99. The van der Waals surface area contributed by atoms with Crippen LogP contribution in [-0.2, 0) is 16.0 Å². The van der Waals surface area contributed by atoms with Gasteiger partial charge in [-0.3, -0.25) is 4.79 Å². The lowest BCUT2D eigenvalue weighted by molar-refractivity contribution is -0.142. The lowest BCUT2D eigenvalue weighted by Crippen LogP contribution is -2.44. The van der Waals surface area contributed by atoms with E-state index in [9.17, 15) is 9.59 Å². The van der Waals surface area contributed by atoms with Crippen LogP contribution >= 0.6 is 0 Å². The fraction of sp³-hybridized carbons (Fsp3) is 0.429. The number of hydrogen-bond donors (Lipinski definition) is 2. The molecule has 0 aliphatic rings. The minimum Gasteiger partial charge on any atom is -0.480 e. The maximum absolute atomic E-state index is 11.5. The second-order valence-corrected chi connectivity index (χ2v) is 4.74. The number of nitrogens with one attached hydrogen (secondary N) is 1. The summed E-state index contributed by atoms with van der Waals surface area (Å²) in [6.07, 6.45) is 0.300. The van der Waals surface area contributed by atoms with Crippen LogP contribution in [0.15, 0.2) is 24.3 Å². The molecule has 2 N–H and O–H groups in total. The Kier molecular flexibility index (Phi) is 4.89. The third-order valence-corrected chi connectivity index (χ3v) is 2.70. The van der Waals surface area contributed by atoms with Crippen molar-refractivity contribution >= 4 is 11.9 Å². The molecular formula is C14H19NO3. The summed E-state index contributed by atoms with van der Waals surface area (Å²) in [7, 11) is 0. The molecule has 0 aliphatic carbocycles. The standard InChI is InChI=1S/C14H19NO3/c1-9(2)13(16)15-12(14(17)18)8-11-6-4-10(3)5-7-11/h4-7,9,12H,8H2,1-3H3,(H,15,16)(H,17,18)/t12-/m0/s1. The predicted octanol–water partition coefficient (Wildman–Crippen LogP) is 1.76. The summed E-state index contributed by atoms with van der Waals surface area (Å²) in [5.41, 5.74) is 2.02. The molecule has 0 spiro atoms. The van der Waals surface area contributed by atoms with Crippen LogP contribution in [-0.4, -0.2) is 23.0 Å². The van der Waals surface area contributed by atoms with Crippen molar-refractivity contribution in [2.45, 2.75) is 33.2 Å². The molecule has 0 heterocycles. The Morgan fingerprint density at radius 2 is 1.78 bits per heavy atom. The average Bonchev–Trinajstić information content (AvgIpc) is 2.30. The fourth-order valence-corrected chi connectivity index (χ4v) is 1.50. The number of carbonyl (C=O) groups is 2. The first-order valence-electron chi connectivity index (χ1n) is 5.99. The zero-order chi connectivity index (χ0) is 13.7. The van der Waals surface area contributed by atoms with Crippen molar-refractivity contribution in [3.63, 3.8) is 0 Å². The first kappa shape index (κ1) is 14.2. The normalized spacial score (nSPS) is 12.2. The Labute approximate surface area is 107 Å². The van der Waals surface area contributed by atoms with Gasteiger partial charge in [0.15, 0.2) is 0 Å². The molecule has 1 aromatic carbocycles. The molecule has 0 saturated heterocycles. The molecule has 0 unspecified atom stereocenters. The van der Waals surface area contributed by atoms with Gasteiger partial charge >= 0.3 is 5.97 Å². The van der Waals surface area contributed by atoms with Gasteiger partial charge in [0, 0.05) is 12.3 Å². The molecule has 0 bridgehead atoms. The summed E-state index contributed by atoms with van der Waals surface area (Å²) in [6, 6.07) is 6.75. The van der Waals surface area contributed by atoms with E-state index in [1.165, 1.54) is 0 Å². The van der Waals surface area contributed by atoms with Crippen molar-refractivity contribution < 1.29 is 14.7 Å². The van der Waals surface area contributed by atoms with E-state index in [1.807, 2.05) is 31.2 Å². The second kappa shape index (κ2) is 6.19. The van der Waals surface area contributed by atoms with Crippen LogP contribution in [0.4, 0.5) is 0 Å². The van der Waals surface area contributed by atoms with E-state index in [0.29, 0.717) is 6.42 Å². The van der Waals surface area contributed by atoms with Crippen molar-refractivity contribution in [2.24, 2.45) is 5.92 Å². The monoisotopic (exact) mass is 249 g/mol. The van der Waals surface area contributed by atoms with Gasteiger partial charge in [-0.2, -0.15) is 0 Å². The number of benzene rings is 1. The molecule has 1 amide bonds. The molecule has 4 heteroatoms. The van der Waals surface area contributed by atoms with Crippen molar-refractivity contribution in [3.8, 4) is 0 Å². The largest absolute Gasteiger partial charge is 0.480 e. The van der Waals surface area contributed by atoms with Gasteiger partial charge in [-0.15, -0.1) is 0 Å². The van der Waals surface area contributed by atoms with Gasteiger partial charge in [0.2, 0.25) is 5.91 Å². The fourth-order valence-electron chi connectivity index (χ4n) is 1.50. The van der Waals surface area contributed by atoms with Crippen LogP contribution in [0.5, 0.6) is 0 Å². The summed E-state index contributed by atoms with van der Waals surface area (Å²) < 4.78 is 0. The van der Waals surface area contributed by atoms with E-state index in [1.54, 1.807) is 13.8 Å². The number of carboxylic acids is 1. The summed E-state index contributed by atoms with van der Waals surface area (Å²) in [5, 5.41) is 11.6. The van der Waals surface area contributed by atoms with Gasteiger partial charge in [-0.1, -0.05) is 43.7 Å². The lowest BCUT2D eigenvalue weighted by Gasteiger charge is -2.16. The number of amides is 1. The zero-order valence-corrected chi connectivity index (χ0v) is 10.9. The number of carbonyl (C=O) groups excluding carboxylic acids is 1. The van der Waals surface area contributed by atoms with Gasteiger partial charge < -0.3 is 10.4 Å². The van der Waals surface area contributed by atoms with Gasteiger partial charge in [0.25, 0.3) is 0 Å². The molecule has 18 heavy (non-hydrogen) atoms. The highest BCUT2D eigenvalue weighted by Crippen LogP contribution is 2.07. The Morgan fingerprint density at radius 3 is 2.22 bits per heavy atom. The van der Waals surface area contributed by atoms with E-state index >= 15 is 0 Å². The highest BCUT2D eigenvalue weighted by molar-refractivity contribution is 5.84. The molecule has 0 saturated carbocycles. The topological polar surface area (TPSA) is 66.4 Å².